The molecular weight excluding hydrogens is 227 g/mol. The van der Waals surface area contributed by atoms with E-state index in [1.807, 2.05) is 0 Å². The van der Waals surface area contributed by atoms with E-state index in [0.29, 0.717) is 18.4 Å². The molecule has 0 amide bonds. The van der Waals surface area contributed by atoms with E-state index in [9.17, 15) is 4.79 Å². The summed E-state index contributed by atoms with van der Waals surface area (Å²) in [6.07, 6.45) is 2.53. The highest BCUT2D eigenvalue weighted by atomic mass is 32.1. The van der Waals surface area contributed by atoms with Gasteiger partial charge in [0.05, 0.1) is 6.61 Å². The molecule has 0 bridgehead atoms. The molecule has 1 fully saturated rings. The predicted molar refractivity (Wildman–Crippen MR) is 60.7 cm³/mol. The van der Waals surface area contributed by atoms with Crippen LogP contribution in [-0.2, 0) is 11.3 Å². The van der Waals surface area contributed by atoms with Gasteiger partial charge in [-0.25, -0.2) is 4.79 Å². The number of rotatable bonds is 2. The van der Waals surface area contributed by atoms with Crippen molar-refractivity contribution in [3.8, 4) is 0 Å². The summed E-state index contributed by atoms with van der Waals surface area (Å²) in [5.41, 5.74) is 0.153. The van der Waals surface area contributed by atoms with Crippen molar-refractivity contribution in [1.82, 2.24) is 9.55 Å². The Morgan fingerprint density at radius 2 is 2.44 bits per heavy atom. The van der Waals surface area contributed by atoms with Crippen molar-refractivity contribution in [3.05, 3.63) is 26.9 Å². The minimum atomic E-state index is -0.375. The molecule has 1 aromatic heterocycles. The molecule has 2 heterocycles. The summed E-state index contributed by atoms with van der Waals surface area (Å²) in [6.45, 7) is -0.214. The smallest absolute Gasteiger partial charge is 0.328 e. The maximum absolute atomic E-state index is 11.6. The van der Waals surface area contributed by atoms with Crippen molar-refractivity contribution in [2.75, 3.05) is 0 Å². The Morgan fingerprint density at radius 3 is 3.00 bits per heavy atom. The summed E-state index contributed by atoms with van der Waals surface area (Å²) in [5, 5.41) is 9.06. The molecule has 2 N–H and O–H groups in total. The van der Waals surface area contributed by atoms with E-state index in [-0.39, 0.29) is 29.2 Å². The molecule has 1 aromatic rings. The van der Waals surface area contributed by atoms with E-state index in [1.165, 1.54) is 10.8 Å². The van der Waals surface area contributed by atoms with Gasteiger partial charge in [0.25, 0.3) is 0 Å². The molecule has 0 aromatic carbocycles. The number of nitrogens with one attached hydrogen (secondary N) is 1. The lowest BCUT2D eigenvalue weighted by molar-refractivity contribution is 0.0336. The van der Waals surface area contributed by atoms with Crippen LogP contribution in [0.4, 0.5) is 0 Å². The zero-order valence-electron chi connectivity index (χ0n) is 8.55. The molecule has 1 saturated heterocycles. The van der Waals surface area contributed by atoms with Crippen LogP contribution >= 0.6 is 12.2 Å². The topological polar surface area (TPSA) is 67.2 Å². The van der Waals surface area contributed by atoms with Gasteiger partial charge in [-0.2, -0.15) is 0 Å². The number of aromatic nitrogens is 2. The average Bonchev–Trinajstić information content (AvgIpc) is 2.65. The number of aliphatic hydroxyl groups excluding tert-OH is 1. The van der Waals surface area contributed by atoms with Gasteiger partial charge < -0.3 is 9.84 Å². The number of hydrogen-bond acceptors (Lipinski definition) is 4. The van der Waals surface area contributed by atoms with Gasteiger partial charge in [-0.3, -0.25) is 9.55 Å². The first kappa shape index (κ1) is 11.6. The zero-order chi connectivity index (χ0) is 11.7. The van der Waals surface area contributed by atoms with E-state index in [4.69, 9.17) is 29.9 Å². The third-order valence-corrected chi connectivity index (χ3v) is 2.92. The fourth-order valence-electron chi connectivity index (χ4n) is 1.70. The van der Waals surface area contributed by atoms with Gasteiger partial charge in [0.1, 0.15) is 18.7 Å². The SMILES string of the molecule is [B][C@@H]1CCC(n2cc(CO)c(=S)[nH]c2=O)O1. The fourth-order valence-corrected chi connectivity index (χ4v) is 1.91. The van der Waals surface area contributed by atoms with Crippen molar-refractivity contribution < 1.29 is 9.84 Å². The van der Waals surface area contributed by atoms with Gasteiger partial charge in [0.15, 0.2) is 0 Å². The Morgan fingerprint density at radius 1 is 1.69 bits per heavy atom. The Bertz CT molecular complexity index is 498. The van der Waals surface area contributed by atoms with Crippen LogP contribution in [0.1, 0.15) is 24.6 Å². The van der Waals surface area contributed by atoms with Crippen LogP contribution in [-0.4, -0.2) is 28.5 Å². The number of aromatic amines is 1. The summed E-state index contributed by atoms with van der Waals surface area (Å²) in [4.78, 5) is 14.1. The maximum atomic E-state index is 11.6. The lowest BCUT2D eigenvalue weighted by Gasteiger charge is -2.15. The molecule has 0 aliphatic carbocycles. The van der Waals surface area contributed by atoms with E-state index < -0.39 is 0 Å². The first-order valence-electron chi connectivity index (χ1n) is 4.98. The normalized spacial score (nSPS) is 24.8. The number of ether oxygens (including phenoxy) is 1. The summed E-state index contributed by atoms with van der Waals surface area (Å²) >= 11 is 4.90. The van der Waals surface area contributed by atoms with Gasteiger partial charge in [-0.15, -0.1) is 0 Å². The molecule has 0 spiro atoms. The number of H-pyrrole nitrogens is 1. The summed E-state index contributed by atoms with van der Waals surface area (Å²) in [5.74, 6) is 0. The van der Waals surface area contributed by atoms with E-state index in [0.717, 1.165) is 0 Å². The van der Waals surface area contributed by atoms with E-state index in [1.54, 1.807) is 0 Å². The first-order valence-corrected chi connectivity index (χ1v) is 5.39. The number of aliphatic hydroxyl groups is 1. The maximum Gasteiger partial charge on any atom is 0.328 e. The molecule has 7 heteroatoms. The number of hydrogen-bond donors (Lipinski definition) is 2. The Hall–Kier alpha value is -0.915. The van der Waals surface area contributed by atoms with Gasteiger partial charge in [-0.1, -0.05) is 12.2 Å². The van der Waals surface area contributed by atoms with Gasteiger partial charge in [-0.05, 0) is 12.8 Å². The highest BCUT2D eigenvalue weighted by molar-refractivity contribution is 7.71. The summed E-state index contributed by atoms with van der Waals surface area (Å²) in [6, 6.07) is -0.336. The molecule has 2 atom stereocenters. The molecule has 0 saturated carbocycles. The largest absolute Gasteiger partial charge is 0.392 e. The fraction of sp³-hybridized carbons (Fsp3) is 0.556. The number of nitrogens with zero attached hydrogens (tertiary/aromatic N) is 1. The molecule has 1 unspecified atom stereocenters. The molecule has 84 valence electrons. The summed E-state index contributed by atoms with van der Waals surface area (Å²) < 4.78 is 7.01. The second-order valence-electron chi connectivity index (χ2n) is 3.69. The van der Waals surface area contributed by atoms with Gasteiger partial charge in [0, 0.05) is 17.8 Å². The van der Waals surface area contributed by atoms with Crippen molar-refractivity contribution in [2.45, 2.75) is 31.7 Å². The van der Waals surface area contributed by atoms with E-state index >= 15 is 0 Å². The Kier molecular flexibility index (Phi) is 3.27. The van der Waals surface area contributed by atoms with E-state index in [2.05, 4.69) is 4.98 Å². The summed E-state index contributed by atoms with van der Waals surface area (Å²) in [7, 11) is 5.60. The van der Waals surface area contributed by atoms with Crippen LogP contribution in [0.15, 0.2) is 11.0 Å². The highest BCUT2D eigenvalue weighted by Gasteiger charge is 2.23. The molecule has 5 nitrogen and oxygen atoms in total. The van der Waals surface area contributed by atoms with Crippen molar-refractivity contribution >= 4 is 20.1 Å². The second kappa shape index (κ2) is 4.53. The minimum Gasteiger partial charge on any atom is -0.392 e. The van der Waals surface area contributed by atoms with Crippen LogP contribution in [0.3, 0.4) is 0 Å². The quantitative estimate of drug-likeness (QED) is 0.570. The molecule has 2 rings (SSSR count). The average molecular weight is 238 g/mol. The molecule has 16 heavy (non-hydrogen) atoms. The first-order chi connectivity index (χ1) is 7.61. The van der Waals surface area contributed by atoms with Gasteiger partial charge in [0.2, 0.25) is 0 Å². The predicted octanol–water partition coefficient (Wildman–Crippen LogP) is 0.202. The van der Waals surface area contributed by atoms with Crippen LogP contribution in [0, 0.1) is 4.64 Å². The molecule has 1 aliphatic rings. The Balaban J connectivity index is 2.41. The van der Waals surface area contributed by atoms with Crippen molar-refractivity contribution in [3.63, 3.8) is 0 Å². The standard InChI is InChI=1S/C9H11BN2O3S/c10-6-1-2-7(15-6)12-3-5(4-13)8(16)11-9(12)14/h3,6-7,13H,1-2,4H2,(H,11,14,16)/t6-,7?/m0/s1. The monoisotopic (exact) mass is 238 g/mol. The van der Waals surface area contributed by atoms with Crippen molar-refractivity contribution in [2.24, 2.45) is 0 Å². The molecule has 1 aliphatic heterocycles. The van der Waals surface area contributed by atoms with Crippen LogP contribution in [0.2, 0.25) is 0 Å². The highest BCUT2D eigenvalue weighted by Crippen LogP contribution is 2.25. The van der Waals surface area contributed by atoms with Gasteiger partial charge >= 0.3 is 5.69 Å². The lowest BCUT2D eigenvalue weighted by Crippen LogP contribution is -2.28. The third-order valence-electron chi connectivity index (χ3n) is 2.55. The van der Waals surface area contributed by atoms with Crippen LogP contribution < -0.4 is 5.69 Å². The lowest BCUT2D eigenvalue weighted by atomic mass is 9.98. The molecular formula is C9H11BN2O3S. The minimum absolute atomic E-state index is 0.214. The van der Waals surface area contributed by atoms with Crippen LogP contribution in [0.25, 0.3) is 0 Å². The molecule has 2 radical (unpaired) electrons. The van der Waals surface area contributed by atoms with Crippen LogP contribution in [0.5, 0.6) is 0 Å². The van der Waals surface area contributed by atoms with Crippen molar-refractivity contribution in [1.29, 1.82) is 0 Å². The zero-order valence-corrected chi connectivity index (χ0v) is 9.37. The Labute approximate surface area is 98.5 Å². The second-order valence-corrected chi connectivity index (χ2v) is 4.09. The third kappa shape index (κ3) is 2.11.